The Morgan fingerprint density at radius 3 is 2.68 bits per heavy atom. The predicted octanol–water partition coefficient (Wildman–Crippen LogP) is 3.82. The second kappa shape index (κ2) is 5.99. The Balaban J connectivity index is 1.77. The third kappa shape index (κ3) is 2.60. The summed E-state index contributed by atoms with van der Waals surface area (Å²) in [6.07, 6.45) is 0.621. The average molecular weight is 338 g/mol. The van der Waals surface area contributed by atoms with Crippen LogP contribution < -0.4 is 19.5 Å². The van der Waals surface area contributed by atoms with Crippen LogP contribution in [0.5, 0.6) is 17.2 Å². The first-order valence-corrected chi connectivity index (χ1v) is 8.43. The lowest BCUT2D eigenvalue weighted by molar-refractivity contribution is 0.246. The summed E-state index contributed by atoms with van der Waals surface area (Å²) in [4.78, 5) is 4.92. The number of nitrogens with zero attached hydrogens (tertiary/aromatic N) is 1. The standard InChI is InChI=1S/C20H22N2O3/c1-11-7-14-15(8-12(11)2)22-16-9-13-5-6-17(23-3)20(24-4)19(13)25-18(16)10-21-14/h5-8,18,21H,9-10H2,1-4H3/t18-/m1/s1. The van der Waals surface area contributed by atoms with Gasteiger partial charge in [-0.3, -0.25) is 4.99 Å². The molecule has 0 amide bonds. The van der Waals surface area contributed by atoms with Gasteiger partial charge in [0.1, 0.15) is 0 Å². The number of hydrogen-bond acceptors (Lipinski definition) is 5. The average Bonchev–Trinajstić information content (AvgIpc) is 2.78. The molecule has 2 heterocycles. The monoisotopic (exact) mass is 338 g/mol. The van der Waals surface area contributed by atoms with Crippen molar-refractivity contribution in [2.24, 2.45) is 4.99 Å². The van der Waals surface area contributed by atoms with E-state index in [1.807, 2.05) is 12.1 Å². The van der Waals surface area contributed by atoms with E-state index < -0.39 is 0 Å². The van der Waals surface area contributed by atoms with Gasteiger partial charge in [-0.25, -0.2) is 0 Å². The summed E-state index contributed by atoms with van der Waals surface area (Å²) in [5.41, 5.74) is 6.64. The van der Waals surface area contributed by atoms with Gasteiger partial charge in [0.25, 0.3) is 0 Å². The molecule has 25 heavy (non-hydrogen) atoms. The molecule has 5 heteroatoms. The summed E-state index contributed by atoms with van der Waals surface area (Å²) in [5.74, 6) is 2.08. The summed E-state index contributed by atoms with van der Waals surface area (Å²) in [6.45, 7) is 4.90. The van der Waals surface area contributed by atoms with Crippen LogP contribution in [0.1, 0.15) is 16.7 Å². The van der Waals surface area contributed by atoms with Crippen molar-refractivity contribution in [1.82, 2.24) is 0 Å². The summed E-state index contributed by atoms with van der Waals surface area (Å²) in [6, 6.07) is 8.23. The zero-order valence-corrected chi connectivity index (χ0v) is 15.0. The highest BCUT2D eigenvalue weighted by Crippen LogP contribution is 2.44. The van der Waals surface area contributed by atoms with Gasteiger partial charge in [0, 0.05) is 12.0 Å². The molecule has 0 fully saturated rings. The lowest BCUT2D eigenvalue weighted by Gasteiger charge is -2.28. The number of aryl methyl sites for hydroxylation is 2. The second-order valence-electron chi connectivity index (χ2n) is 6.51. The van der Waals surface area contributed by atoms with Gasteiger partial charge < -0.3 is 19.5 Å². The maximum absolute atomic E-state index is 6.27. The lowest BCUT2D eigenvalue weighted by Crippen LogP contribution is -2.38. The Bertz CT molecular complexity index is 874. The van der Waals surface area contributed by atoms with Crippen LogP contribution in [0.3, 0.4) is 0 Å². The van der Waals surface area contributed by atoms with Gasteiger partial charge in [0.2, 0.25) is 5.75 Å². The van der Waals surface area contributed by atoms with Crippen LogP contribution in [0.4, 0.5) is 11.4 Å². The first kappa shape index (κ1) is 15.8. The van der Waals surface area contributed by atoms with E-state index in [-0.39, 0.29) is 6.10 Å². The van der Waals surface area contributed by atoms with Gasteiger partial charge >= 0.3 is 0 Å². The van der Waals surface area contributed by atoms with E-state index in [1.165, 1.54) is 11.1 Å². The molecule has 0 bridgehead atoms. The molecule has 0 aromatic heterocycles. The molecule has 1 atom stereocenters. The topological polar surface area (TPSA) is 52.1 Å². The van der Waals surface area contributed by atoms with Crippen molar-refractivity contribution in [2.75, 3.05) is 26.1 Å². The van der Waals surface area contributed by atoms with Crippen LogP contribution in [-0.2, 0) is 6.42 Å². The van der Waals surface area contributed by atoms with Gasteiger partial charge in [-0.05, 0) is 43.2 Å². The van der Waals surface area contributed by atoms with Crippen LogP contribution in [0.2, 0.25) is 0 Å². The Morgan fingerprint density at radius 2 is 1.92 bits per heavy atom. The van der Waals surface area contributed by atoms with E-state index >= 15 is 0 Å². The van der Waals surface area contributed by atoms with E-state index in [4.69, 9.17) is 19.2 Å². The normalized spacial score (nSPS) is 17.8. The molecule has 4 rings (SSSR count). The van der Waals surface area contributed by atoms with Crippen LogP contribution in [0.15, 0.2) is 29.3 Å². The first-order valence-electron chi connectivity index (χ1n) is 8.43. The van der Waals surface area contributed by atoms with Gasteiger partial charge in [-0.1, -0.05) is 6.07 Å². The summed E-state index contributed by atoms with van der Waals surface area (Å²) in [7, 11) is 3.27. The molecule has 0 spiro atoms. The highest BCUT2D eigenvalue weighted by atomic mass is 16.5. The number of aliphatic imine (C=N–C) groups is 1. The van der Waals surface area contributed by atoms with E-state index in [0.717, 1.165) is 34.8 Å². The maximum Gasteiger partial charge on any atom is 0.203 e. The largest absolute Gasteiger partial charge is 0.493 e. The van der Waals surface area contributed by atoms with Gasteiger partial charge in [-0.2, -0.15) is 0 Å². The first-order chi connectivity index (χ1) is 12.1. The van der Waals surface area contributed by atoms with Crippen molar-refractivity contribution in [3.05, 3.63) is 41.0 Å². The number of anilines is 1. The van der Waals surface area contributed by atoms with Crippen molar-refractivity contribution >= 4 is 17.1 Å². The van der Waals surface area contributed by atoms with E-state index in [0.29, 0.717) is 18.0 Å². The minimum atomic E-state index is -0.124. The second-order valence-corrected chi connectivity index (χ2v) is 6.51. The summed E-state index contributed by atoms with van der Waals surface area (Å²) >= 11 is 0. The van der Waals surface area contributed by atoms with E-state index in [1.54, 1.807) is 14.2 Å². The summed E-state index contributed by atoms with van der Waals surface area (Å²) < 4.78 is 17.2. The zero-order chi connectivity index (χ0) is 17.6. The molecule has 5 nitrogen and oxygen atoms in total. The highest BCUT2D eigenvalue weighted by Gasteiger charge is 2.31. The predicted molar refractivity (Wildman–Crippen MR) is 99.2 cm³/mol. The quantitative estimate of drug-likeness (QED) is 0.904. The zero-order valence-electron chi connectivity index (χ0n) is 15.0. The Kier molecular flexibility index (Phi) is 3.79. The molecular formula is C20H22N2O3. The third-order valence-electron chi connectivity index (χ3n) is 4.94. The fourth-order valence-electron chi connectivity index (χ4n) is 3.39. The maximum atomic E-state index is 6.27. The molecule has 1 N–H and O–H groups in total. The SMILES string of the molecule is COc1ccc2c(c1OC)O[C@@H]1CNc3cc(C)c(C)cc3N=C1C2. The molecular weight excluding hydrogens is 316 g/mol. The molecule has 0 unspecified atom stereocenters. The van der Waals surface area contributed by atoms with Gasteiger partial charge in [0.05, 0.1) is 37.9 Å². The van der Waals surface area contributed by atoms with Crippen molar-refractivity contribution in [2.45, 2.75) is 26.4 Å². The van der Waals surface area contributed by atoms with Crippen molar-refractivity contribution in [3.8, 4) is 17.2 Å². The Hall–Kier alpha value is -2.69. The fourth-order valence-corrected chi connectivity index (χ4v) is 3.39. The highest BCUT2D eigenvalue weighted by molar-refractivity contribution is 5.97. The molecule has 0 radical (unpaired) electrons. The molecule has 2 aliphatic heterocycles. The number of benzene rings is 2. The molecule has 2 aromatic carbocycles. The minimum absolute atomic E-state index is 0.124. The van der Waals surface area contributed by atoms with Gasteiger partial charge in [0.15, 0.2) is 17.6 Å². The fraction of sp³-hybridized carbons (Fsp3) is 0.350. The van der Waals surface area contributed by atoms with E-state index in [9.17, 15) is 0 Å². The number of rotatable bonds is 2. The summed E-state index contributed by atoms with van der Waals surface area (Å²) in [5, 5.41) is 3.48. The number of ether oxygens (including phenoxy) is 3. The molecule has 130 valence electrons. The molecule has 0 aliphatic carbocycles. The minimum Gasteiger partial charge on any atom is -0.493 e. The smallest absolute Gasteiger partial charge is 0.203 e. The van der Waals surface area contributed by atoms with Crippen LogP contribution in [0.25, 0.3) is 0 Å². The molecule has 0 saturated carbocycles. The number of fused-ring (bicyclic) bond motifs is 3. The van der Waals surface area contributed by atoms with Crippen molar-refractivity contribution in [3.63, 3.8) is 0 Å². The van der Waals surface area contributed by atoms with Crippen LogP contribution >= 0.6 is 0 Å². The van der Waals surface area contributed by atoms with Crippen LogP contribution in [0, 0.1) is 13.8 Å². The van der Waals surface area contributed by atoms with E-state index in [2.05, 4.69) is 31.3 Å². The Morgan fingerprint density at radius 1 is 1.12 bits per heavy atom. The lowest BCUT2D eigenvalue weighted by atomic mass is 9.99. The molecule has 2 aliphatic rings. The third-order valence-corrected chi connectivity index (χ3v) is 4.94. The number of methoxy groups -OCH3 is 2. The molecule has 2 aromatic rings. The van der Waals surface area contributed by atoms with Gasteiger partial charge in [-0.15, -0.1) is 0 Å². The van der Waals surface area contributed by atoms with Crippen molar-refractivity contribution < 1.29 is 14.2 Å². The van der Waals surface area contributed by atoms with Crippen molar-refractivity contribution in [1.29, 1.82) is 0 Å². The Labute approximate surface area is 147 Å². The number of nitrogens with one attached hydrogen (secondary N) is 1. The number of hydrogen-bond donors (Lipinski definition) is 1. The molecule has 0 saturated heterocycles. The van der Waals surface area contributed by atoms with Crippen LogP contribution in [-0.4, -0.2) is 32.6 Å².